The molecular weight excluding hydrogens is 405 g/mol. The lowest BCUT2D eigenvalue weighted by Crippen LogP contribution is -2.32. The maximum absolute atomic E-state index is 13.4. The van der Waals surface area contributed by atoms with Crippen molar-refractivity contribution in [3.05, 3.63) is 82.1 Å². The summed E-state index contributed by atoms with van der Waals surface area (Å²) in [7, 11) is 1.53. The van der Waals surface area contributed by atoms with Crippen molar-refractivity contribution >= 4 is 17.5 Å². The first kappa shape index (κ1) is 20.4. The predicted octanol–water partition coefficient (Wildman–Crippen LogP) is 5.02. The summed E-state index contributed by atoms with van der Waals surface area (Å²) in [5.74, 6) is 0.949. The average Bonchev–Trinajstić information content (AvgIpc) is 3.36. The van der Waals surface area contributed by atoms with Crippen LogP contribution in [-0.4, -0.2) is 34.0 Å². The van der Waals surface area contributed by atoms with Crippen LogP contribution in [0.3, 0.4) is 0 Å². The summed E-state index contributed by atoms with van der Waals surface area (Å²) in [6.45, 7) is 3.21. The number of carbonyl (C=O) groups is 1. The molecule has 1 aliphatic rings. The highest BCUT2D eigenvalue weighted by molar-refractivity contribution is 6.30. The molecule has 0 bridgehead atoms. The van der Waals surface area contributed by atoms with Gasteiger partial charge in [-0.05, 0) is 55.7 Å². The number of likely N-dealkylation sites (tertiary alicyclic amines) is 1. The molecule has 3 aromatic rings. The van der Waals surface area contributed by atoms with Crippen LogP contribution in [0.2, 0.25) is 5.02 Å². The Hall–Kier alpha value is -2.86. The molecule has 0 radical (unpaired) electrons. The quantitative estimate of drug-likeness (QED) is 0.574. The van der Waals surface area contributed by atoms with Gasteiger partial charge in [0, 0.05) is 30.0 Å². The van der Waals surface area contributed by atoms with E-state index in [9.17, 15) is 9.18 Å². The van der Waals surface area contributed by atoms with Crippen LogP contribution in [0.4, 0.5) is 4.39 Å². The van der Waals surface area contributed by atoms with E-state index in [1.807, 2.05) is 18.0 Å². The lowest BCUT2D eigenvalue weighted by Gasteiger charge is -2.26. The molecule has 0 spiro atoms. The number of rotatable bonds is 5. The fourth-order valence-electron chi connectivity index (χ4n) is 4.00. The number of methoxy groups -OCH3 is 1. The summed E-state index contributed by atoms with van der Waals surface area (Å²) in [5, 5.41) is 0.520. The third kappa shape index (κ3) is 3.92. The molecule has 1 saturated heterocycles. The van der Waals surface area contributed by atoms with Crippen LogP contribution in [0.15, 0.2) is 48.7 Å². The fraction of sp³-hybridized carbons (Fsp3) is 0.304. The number of hydrogen-bond donors (Lipinski definition) is 0. The van der Waals surface area contributed by atoms with Gasteiger partial charge in [0.15, 0.2) is 0 Å². The van der Waals surface area contributed by atoms with Gasteiger partial charge in [0.25, 0.3) is 5.91 Å². The number of nitrogens with zero attached hydrogens (tertiary/aromatic N) is 3. The van der Waals surface area contributed by atoms with Crippen molar-refractivity contribution in [2.75, 3.05) is 13.7 Å². The normalized spacial score (nSPS) is 16.1. The van der Waals surface area contributed by atoms with Crippen molar-refractivity contribution in [3.8, 4) is 5.75 Å². The fourth-order valence-corrected chi connectivity index (χ4v) is 4.16. The van der Waals surface area contributed by atoms with Crippen LogP contribution >= 0.6 is 11.6 Å². The zero-order valence-electron chi connectivity index (χ0n) is 16.9. The van der Waals surface area contributed by atoms with Gasteiger partial charge in [0.2, 0.25) is 0 Å². The molecule has 1 aliphatic heterocycles. The second-order valence-corrected chi connectivity index (χ2v) is 7.91. The van der Waals surface area contributed by atoms with E-state index in [4.69, 9.17) is 16.3 Å². The summed E-state index contributed by atoms with van der Waals surface area (Å²) < 4.78 is 20.8. The van der Waals surface area contributed by atoms with Crippen LogP contribution in [0.25, 0.3) is 0 Å². The van der Waals surface area contributed by atoms with E-state index in [0.29, 0.717) is 29.4 Å². The third-order valence-corrected chi connectivity index (χ3v) is 5.78. The largest absolute Gasteiger partial charge is 0.496 e. The first-order valence-electron chi connectivity index (χ1n) is 9.89. The number of amides is 1. The first-order valence-corrected chi connectivity index (χ1v) is 10.3. The van der Waals surface area contributed by atoms with Gasteiger partial charge in [0.05, 0.1) is 18.7 Å². The summed E-state index contributed by atoms with van der Waals surface area (Å²) in [6, 6.07) is 11.4. The summed E-state index contributed by atoms with van der Waals surface area (Å²) in [6.07, 6.45) is 3.55. The van der Waals surface area contributed by atoms with E-state index in [0.717, 1.165) is 29.9 Å². The van der Waals surface area contributed by atoms with E-state index < -0.39 is 0 Å². The van der Waals surface area contributed by atoms with Crippen LogP contribution < -0.4 is 4.74 Å². The minimum Gasteiger partial charge on any atom is -0.496 e. The van der Waals surface area contributed by atoms with Crippen molar-refractivity contribution in [1.82, 2.24) is 14.5 Å². The first-order chi connectivity index (χ1) is 14.5. The summed E-state index contributed by atoms with van der Waals surface area (Å²) >= 11 is 6.05. The predicted molar refractivity (Wildman–Crippen MR) is 113 cm³/mol. The van der Waals surface area contributed by atoms with Crippen molar-refractivity contribution < 1.29 is 13.9 Å². The number of benzene rings is 2. The van der Waals surface area contributed by atoms with Crippen LogP contribution in [0.5, 0.6) is 5.75 Å². The maximum atomic E-state index is 13.4. The number of imidazole rings is 1. The van der Waals surface area contributed by atoms with Crippen molar-refractivity contribution in [2.45, 2.75) is 32.4 Å². The molecule has 5 nitrogen and oxygen atoms in total. The Labute approximate surface area is 180 Å². The number of aryl methyl sites for hydroxylation is 1. The van der Waals surface area contributed by atoms with E-state index >= 15 is 0 Å². The highest BCUT2D eigenvalue weighted by Crippen LogP contribution is 2.35. The lowest BCUT2D eigenvalue weighted by atomic mass is 10.1. The molecule has 1 atom stereocenters. The Morgan fingerprint density at radius 1 is 1.27 bits per heavy atom. The molecule has 4 rings (SSSR count). The monoisotopic (exact) mass is 427 g/mol. The third-order valence-electron chi connectivity index (χ3n) is 5.55. The van der Waals surface area contributed by atoms with Crippen LogP contribution in [0.1, 0.15) is 46.3 Å². The molecular formula is C23H23ClFN3O2. The molecule has 7 heteroatoms. The Morgan fingerprint density at radius 3 is 2.77 bits per heavy atom. The molecule has 1 fully saturated rings. The molecule has 0 aliphatic carbocycles. The lowest BCUT2D eigenvalue weighted by molar-refractivity contribution is 0.0724. The van der Waals surface area contributed by atoms with E-state index in [-0.39, 0.29) is 17.8 Å². The average molecular weight is 428 g/mol. The van der Waals surface area contributed by atoms with Gasteiger partial charge in [0.1, 0.15) is 17.4 Å². The Kier molecular flexibility index (Phi) is 5.77. The van der Waals surface area contributed by atoms with Crippen molar-refractivity contribution in [3.63, 3.8) is 0 Å². The van der Waals surface area contributed by atoms with Gasteiger partial charge in [-0.3, -0.25) is 4.79 Å². The number of carbonyl (C=O) groups excluding carboxylic acids is 1. The molecule has 1 aromatic heterocycles. The van der Waals surface area contributed by atoms with Crippen LogP contribution in [-0.2, 0) is 6.54 Å². The number of halogens is 2. The molecule has 30 heavy (non-hydrogen) atoms. The van der Waals surface area contributed by atoms with Gasteiger partial charge >= 0.3 is 0 Å². The van der Waals surface area contributed by atoms with E-state index in [1.165, 1.54) is 19.2 Å². The summed E-state index contributed by atoms with van der Waals surface area (Å²) in [5.41, 5.74) is 2.47. The van der Waals surface area contributed by atoms with Gasteiger partial charge < -0.3 is 14.2 Å². The minimum absolute atomic E-state index is 0.0972. The Bertz CT molecular complexity index is 1060. The van der Waals surface area contributed by atoms with Crippen LogP contribution in [0, 0.1) is 12.7 Å². The van der Waals surface area contributed by atoms with Gasteiger partial charge in [-0.15, -0.1) is 0 Å². The van der Waals surface area contributed by atoms with Gasteiger partial charge in [-0.1, -0.05) is 23.7 Å². The zero-order valence-corrected chi connectivity index (χ0v) is 17.7. The number of ether oxygens (including phenoxy) is 1. The SMILES string of the molecule is COc1cc(Cl)ccc1C(=O)N1CCCC1c1ncc(C)n1Cc1ccc(F)cc1. The molecule has 0 N–H and O–H groups in total. The smallest absolute Gasteiger partial charge is 0.258 e. The second-order valence-electron chi connectivity index (χ2n) is 7.47. The van der Waals surface area contributed by atoms with Gasteiger partial charge in [-0.2, -0.15) is 0 Å². The summed E-state index contributed by atoms with van der Waals surface area (Å²) in [4.78, 5) is 19.9. The standard InChI is InChI=1S/C23H23ClFN3O2/c1-15-13-26-22(28(15)14-16-5-8-18(25)9-6-16)20-4-3-11-27(20)23(29)19-10-7-17(24)12-21(19)30-2/h5-10,12-13,20H,3-4,11,14H2,1-2H3. The molecule has 1 amide bonds. The van der Waals surface area contributed by atoms with E-state index in [2.05, 4.69) is 9.55 Å². The number of hydrogen-bond acceptors (Lipinski definition) is 3. The van der Waals surface area contributed by atoms with Gasteiger partial charge in [-0.25, -0.2) is 9.37 Å². The minimum atomic E-state index is -0.259. The topological polar surface area (TPSA) is 47.4 Å². The Balaban J connectivity index is 1.64. The second kappa shape index (κ2) is 8.48. The Morgan fingerprint density at radius 2 is 2.03 bits per heavy atom. The number of aromatic nitrogens is 2. The maximum Gasteiger partial charge on any atom is 0.258 e. The zero-order chi connectivity index (χ0) is 21.3. The molecule has 156 valence electrons. The highest BCUT2D eigenvalue weighted by Gasteiger charge is 2.34. The molecule has 0 saturated carbocycles. The van der Waals surface area contributed by atoms with E-state index in [1.54, 1.807) is 30.3 Å². The van der Waals surface area contributed by atoms with Crippen molar-refractivity contribution in [1.29, 1.82) is 0 Å². The molecule has 2 aromatic carbocycles. The molecule has 1 unspecified atom stereocenters. The molecule has 2 heterocycles. The highest BCUT2D eigenvalue weighted by atomic mass is 35.5. The van der Waals surface area contributed by atoms with Crippen molar-refractivity contribution in [2.24, 2.45) is 0 Å².